The maximum atomic E-state index is 13.0. The first-order chi connectivity index (χ1) is 15.1. The smallest absolute Gasteiger partial charge is 0.416 e. The number of carboxylic acid groups (broad SMARTS) is 1. The van der Waals surface area contributed by atoms with Crippen LogP contribution in [0.25, 0.3) is 16.4 Å². The van der Waals surface area contributed by atoms with Crippen LogP contribution in [0.4, 0.5) is 13.2 Å². The molecule has 2 aromatic heterocycles. The van der Waals surface area contributed by atoms with Crippen LogP contribution in [-0.4, -0.2) is 38.1 Å². The van der Waals surface area contributed by atoms with Crippen LogP contribution in [0.2, 0.25) is 0 Å². The monoisotopic (exact) mass is 446 g/mol. The minimum absolute atomic E-state index is 0.0790. The Hall–Kier alpha value is -4.35. The number of carbonyl (C=O) groups is 2. The zero-order valence-corrected chi connectivity index (χ0v) is 15.9. The van der Waals surface area contributed by atoms with Crippen LogP contribution < -0.4 is 15.5 Å². The molecular weight excluding hydrogens is 433 g/mol. The number of alkyl halides is 3. The van der Waals surface area contributed by atoms with E-state index in [1.807, 2.05) is 0 Å². The molecule has 32 heavy (non-hydrogen) atoms. The van der Waals surface area contributed by atoms with Gasteiger partial charge >= 0.3 is 12.1 Å². The van der Waals surface area contributed by atoms with Crippen molar-refractivity contribution in [3.63, 3.8) is 0 Å². The Morgan fingerprint density at radius 2 is 1.97 bits per heavy atom. The van der Waals surface area contributed by atoms with Gasteiger partial charge in [-0.3, -0.25) is 19.5 Å². The molecule has 0 unspecified atom stereocenters. The molecule has 0 aliphatic rings. The van der Waals surface area contributed by atoms with Crippen molar-refractivity contribution in [3.8, 4) is 11.6 Å². The summed E-state index contributed by atoms with van der Waals surface area (Å²) >= 11 is 0. The number of nitrogens with one attached hydrogen (secondary N) is 2. The van der Waals surface area contributed by atoms with Crippen molar-refractivity contribution in [2.45, 2.75) is 6.18 Å². The number of aliphatic carboxylic acids is 1. The number of aromatic nitrogens is 3. The zero-order chi connectivity index (χ0) is 23.0. The Bertz CT molecular complexity index is 1420. The summed E-state index contributed by atoms with van der Waals surface area (Å²) in [7, 11) is 0. The number of hydrogen-bond acceptors (Lipinski definition) is 5. The lowest BCUT2D eigenvalue weighted by Crippen LogP contribution is -2.33. The Morgan fingerprint density at radius 3 is 2.69 bits per heavy atom. The van der Waals surface area contributed by atoms with Crippen molar-refractivity contribution in [3.05, 3.63) is 70.1 Å². The SMILES string of the molecule is O=C(O)CNC(=O)c1c(=O)cc(Oc2cccc3cc(C(F)(F)F)ccc23)n2[nH]cnc12. The van der Waals surface area contributed by atoms with E-state index in [0.717, 1.165) is 18.2 Å². The van der Waals surface area contributed by atoms with Crippen LogP contribution in [0.15, 0.2) is 53.6 Å². The third-order valence-corrected chi connectivity index (χ3v) is 4.54. The molecule has 164 valence electrons. The molecule has 0 saturated heterocycles. The number of carboxylic acids is 1. The normalized spacial score (nSPS) is 11.6. The maximum Gasteiger partial charge on any atom is 0.416 e. The lowest BCUT2D eigenvalue weighted by atomic mass is 10.1. The number of ether oxygens (including phenoxy) is 1. The highest BCUT2D eigenvalue weighted by Crippen LogP contribution is 2.35. The Kier molecular flexibility index (Phi) is 5.04. The summed E-state index contributed by atoms with van der Waals surface area (Å²) in [6, 6.07) is 8.65. The van der Waals surface area contributed by atoms with E-state index >= 15 is 0 Å². The molecule has 9 nitrogen and oxygen atoms in total. The van der Waals surface area contributed by atoms with E-state index in [4.69, 9.17) is 9.84 Å². The highest BCUT2D eigenvalue weighted by atomic mass is 19.4. The fourth-order valence-corrected chi connectivity index (χ4v) is 3.13. The summed E-state index contributed by atoms with van der Waals surface area (Å²) in [5.74, 6) is -2.13. The lowest BCUT2D eigenvalue weighted by Gasteiger charge is -2.13. The first-order valence-corrected chi connectivity index (χ1v) is 9.02. The van der Waals surface area contributed by atoms with E-state index in [1.54, 1.807) is 0 Å². The summed E-state index contributed by atoms with van der Waals surface area (Å²) in [6.45, 7) is -0.691. The molecule has 0 fully saturated rings. The van der Waals surface area contributed by atoms with Crippen molar-refractivity contribution < 1.29 is 32.6 Å². The molecule has 12 heteroatoms. The second kappa shape index (κ2) is 7.72. The Morgan fingerprint density at radius 1 is 1.19 bits per heavy atom. The number of rotatable bonds is 5. The van der Waals surface area contributed by atoms with Crippen molar-refractivity contribution in [1.82, 2.24) is 19.9 Å². The minimum Gasteiger partial charge on any atom is -0.480 e. The molecule has 0 radical (unpaired) electrons. The highest BCUT2D eigenvalue weighted by Gasteiger charge is 2.30. The third-order valence-electron chi connectivity index (χ3n) is 4.54. The molecule has 0 saturated carbocycles. The van der Waals surface area contributed by atoms with Gasteiger partial charge in [0.25, 0.3) is 5.91 Å². The molecule has 4 rings (SSSR count). The van der Waals surface area contributed by atoms with Gasteiger partial charge in [0.1, 0.15) is 24.2 Å². The van der Waals surface area contributed by atoms with Gasteiger partial charge in [0.05, 0.1) is 5.56 Å². The number of amides is 1. The van der Waals surface area contributed by atoms with Gasteiger partial charge in [0.15, 0.2) is 5.65 Å². The van der Waals surface area contributed by atoms with Crippen LogP contribution in [-0.2, 0) is 11.0 Å². The van der Waals surface area contributed by atoms with Gasteiger partial charge in [-0.25, -0.2) is 9.50 Å². The topological polar surface area (TPSA) is 126 Å². The van der Waals surface area contributed by atoms with Gasteiger partial charge < -0.3 is 15.2 Å². The average molecular weight is 446 g/mol. The van der Waals surface area contributed by atoms with Gasteiger partial charge in [-0.15, -0.1) is 0 Å². The van der Waals surface area contributed by atoms with Gasteiger partial charge in [-0.1, -0.05) is 18.2 Å². The fraction of sp³-hybridized carbons (Fsp3) is 0.100. The molecule has 2 aromatic carbocycles. The van der Waals surface area contributed by atoms with Crippen LogP contribution in [0, 0.1) is 0 Å². The Labute approximate surface area is 176 Å². The number of aromatic amines is 1. The summed E-state index contributed by atoms with van der Waals surface area (Å²) in [5.41, 5.74) is -2.11. The van der Waals surface area contributed by atoms with Crippen molar-refractivity contribution in [2.75, 3.05) is 6.54 Å². The molecule has 0 spiro atoms. The van der Waals surface area contributed by atoms with Gasteiger partial charge in [-0.05, 0) is 23.6 Å². The van der Waals surface area contributed by atoms with Gasteiger partial charge in [0, 0.05) is 11.5 Å². The number of nitrogens with zero attached hydrogens (tertiary/aromatic N) is 2. The third kappa shape index (κ3) is 3.85. The first-order valence-electron chi connectivity index (χ1n) is 9.02. The van der Waals surface area contributed by atoms with Gasteiger partial charge in [-0.2, -0.15) is 13.2 Å². The Balaban J connectivity index is 1.76. The molecule has 2 heterocycles. The molecular formula is C20H13F3N4O5. The van der Waals surface area contributed by atoms with E-state index in [1.165, 1.54) is 35.1 Å². The van der Waals surface area contributed by atoms with Crippen molar-refractivity contribution >= 4 is 28.3 Å². The fourth-order valence-electron chi connectivity index (χ4n) is 3.13. The van der Waals surface area contributed by atoms with E-state index < -0.39 is 41.2 Å². The van der Waals surface area contributed by atoms with Crippen molar-refractivity contribution in [1.29, 1.82) is 0 Å². The average Bonchev–Trinajstić information content (AvgIpc) is 3.21. The highest BCUT2D eigenvalue weighted by molar-refractivity contribution is 6.00. The number of benzene rings is 2. The van der Waals surface area contributed by atoms with E-state index in [0.29, 0.717) is 5.39 Å². The van der Waals surface area contributed by atoms with E-state index in [-0.39, 0.29) is 22.7 Å². The first kappa shape index (κ1) is 20.9. The predicted molar refractivity (Wildman–Crippen MR) is 105 cm³/mol. The van der Waals surface area contributed by atoms with Crippen LogP contribution in [0.5, 0.6) is 11.6 Å². The van der Waals surface area contributed by atoms with E-state index in [2.05, 4.69) is 15.4 Å². The lowest BCUT2D eigenvalue weighted by molar-refractivity contribution is -0.137. The second-order valence-electron chi connectivity index (χ2n) is 6.64. The number of carbonyl (C=O) groups excluding carboxylic acids is 1. The summed E-state index contributed by atoms with van der Waals surface area (Å²) in [6.07, 6.45) is -3.31. The largest absolute Gasteiger partial charge is 0.480 e. The summed E-state index contributed by atoms with van der Waals surface area (Å²) in [5, 5.41) is 14.1. The number of fused-ring (bicyclic) bond motifs is 2. The molecule has 0 aliphatic carbocycles. The molecule has 3 N–H and O–H groups in total. The standard InChI is InChI=1S/C20H13F3N4O5/c21-20(22,23)11-4-5-12-10(6-11)2-1-3-14(12)32-15-7-13(28)17(18-25-9-26-27(15)18)19(31)24-8-16(29)30/h1-7,9H,8H2,(H,24,31)(H,25,26)(H,29,30). The van der Waals surface area contributed by atoms with E-state index in [9.17, 15) is 27.6 Å². The zero-order valence-electron chi connectivity index (χ0n) is 15.9. The maximum absolute atomic E-state index is 13.0. The van der Waals surface area contributed by atoms with Crippen LogP contribution in [0.3, 0.4) is 0 Å². The molecule has 0 atom stereocenters. The van der Waals surface area contributed by atoms with Crippen LogP contribution >= 0.6 is 0 Å². The number of H-pyrrole nitrogens is 1. The molecule has 1 amide bonds. The molecule has 0 bridgehead atoms. The molecule has 4 aromatic rings. The van der Waals surface area contributed by atoms with Gasteiger partial charge in [0.2, 0.25) is 11.3 Å². The number of halogens is 3. The van der Waals surface area contributed by atoms with Crippen LogP contribution in [0.1, 0.15) is 15.9 Å². The number of pyridine rings is 1. The van der Waals surface area contributed by atoms with Crippen molar-refractivity contribution in [2.24, 2.45) is 0 Å². The summed E-state index contributed by atoms with van der Waals surface area (Å²) in [4.78, 5) is 39.4. The summed E-state index contributed by atoms with van der Waals surface area (Å²) < 4.78 is 46.0. The minimum atomic E-state index is -4.50. The second-order valence-corrected chi connectivity index (χ2v) is 6.64. The quantitative estimate of drug-likeness (QED) is 0.433. The molecule has 0 aliphatic heterocycles. The predicted octanol–water partition coefficient (Wildman–Crippen LogP) is 2.80. The number of hydrogen-bond donors (Lipinski definition) is 3.